The van der Waals surface area contributed by atoms with Gasteiger partial charge in [-0.25, -0.2) is 17.7 Å². The van der Waals surface area contributed by atoms with E-state index in [1.54, 1.807) is 0 Å². The zero-order valence-electron chi connectivity index (χ0n) is 11.6. The summed E-state index contributed by atoms with van der Waals surface area (Å²) < 4.78 is 25.5. The molecular weight excluding hydrogens is 282 g/mol. The number of thiazole rings is 1. The molecule has 1 fully saturated rings. The van der Waals surface area contributed by atoms with Gasteiger partial charge in [0.2, 0.25) is 10.0 Å². The molecule has 0 radical (unpaired) electrons. The van der Waals surface area contributed by atoms with Crippen molar-refractivity contribution in [1.29, 1.82) is 0 Å². The Balaban J connectivity index is 2.13. The first-order chi connectivity index (χ1) is 8.94. The predicted molar refractivity (Wildman–Crippen MR) is 79.1 cm³/mol. The molecular formula is C12H21N3O2S2. The number of anilines is 1. The van der Waals surface area contributed by atoms with Crippen molar-refractivity contribution in [1.82, 2.24) is 10.3 Å². The number of nitrogens with one attached hydrogen (secondary N) is 1. The van der Waals surface area contributed by atoms with E-state index in [2.05, 4.69) is 24.1 Å². The molecule has 1 aliphatic rings. The molecule has 2 heterocycles. The molecule has 5 nitrogen and oxygen atoms in total. The third-order valence-electron chi connectivity index (χ3n) is 3.18. The predicted octanol–water partition coefficient (Wildman–Crippen LogP) is 1.99. The maximum atomic E-state index is 12.0. The monoisotopic (exact) mass is 303 g/mol. The van der Waals surface area contributed by atoms with Gasteiger partial charge in [0.25, 0.3) is 0 Å². The molecule has 0 aliphatic carbocycles. The Morgan fingerprint density at radius 2 is 2.37 bits per heavy atom. The Hall–Kier alpha value is -0.660. The van der Waals surface area contributed by atoms with E-state index in [0.717, 1.165) is 18.7 Å². The van der Waals surface area contributed by atoms with E-state index in [0.29, 0.717) is 11.7 Å². The molecule has 0 aromatic carbocycles. The SMILES string of the molecule is CCCNC(C)c1csc(N2CC(C)CS2(=O)=O)n1. The van der Waals surface area contributed by atoms with Gasteiger partial charge in [0.15, 0.2) is 5.13 Å². The van der Waals surface area contributed by atoms with Crippen LogP contribution >= 0.6 is 11.3 Å². The van der Waals surface area contributed by atoms with Gasteiger partial charge in [-0.05, 0) is 25.8 Å². The highest BCUT2D eigenvalue weighted by atomic mass is 32.2. The third-order valence-corrected chi connectivity index (χ3v) is 6.16. The molecule has 19 heavy (non-hydrogen) atoms. The van der Waals surface area contributed by atoms with E-state index < -0.39 is 10.0 Å². The molecule has 1 N–H and O–H groups in total. The average molecular weight is 303 g/mol. The summed E-state index contributed by atoms with van der Waals surface area (Å²) in [6, 6.07) is 0.160. The number of rotatable bonds is 5. The maximum Gasteiger partial charge on any atom is 0.237 e. The van der Waals surface area contributed by atoms with Crippen LogP contribution in [0.25, 0.3) is 0 Å². The summed E-state index contributed by atoms with van der Waals surface area (Å²) in [5.41, 5.74) is 0.920. The molecule has 0 spiro atoms. The van der Waals surface area contributed by atoms with Gasteiger partial charge in [0.05, 0.1) is 11.4 Å². The summed E-state index contributed by atoms with van der Waals surface area (Å²) in [7, 11) is -3.16. The van der Waals surface area contributed by atoms with Gasteiger partial charge in [-0.2, -0.15) is 0 Å². The van der Waals surface area contributed by atoms with Crippen molar-refractivity contribution in [3.05, 3.63) is 11.1 Å². The van der Waals surface area contributed by atoms with Crippen LogP contribution in [0.15, 0.2) is 5.38 Å². The molecule has 108 valence electrons. The lowest BCUT2D eigenvalue weighted by atomic mass is 10.2. The van der Waals surface area contributed by atoms with Crippen LogP contribution in [0, 0.1) is 5.92 Å². The summed E-state index contributed by atoms with van der Waals surface area (Å²) in [5, 5.41) is 5.91. The Bertz CT molecular complexity index is 527. The molecule has 2 rings (SSSR count). The van der Waals surface area contributed by atoms with Crippen molar-refractivity contribution in [3.63, 3.8) is 0 Å². The van der Waals surface area contributed by atoms with Crippen molar-refractivity contribution in [2.24, 2.45) is 5.92 Å². The fraction of sp³-hybridized carbons (Fsp3) is 0.750. The molecule has 1 aromatic heterocycles. The van der Waals surface area contributed by atoms with Crippen LogP contribution < -0.4 is 9.62 Å². The van der Waals surface area contributed by atoms with Gasteiger partial charge in [0, 0.05) is 18.0 Å². The molecule has 7 heteroatoms. The van der Waals surface area contributed by atoms with Crippen molar-refractivity contribution in [3.8, 4) is 0 Å². The summed E-state index contributed by atoms with van der Waals surface area (Å²) in [5.74, 6) is 0.402. The minimum absolute atomic E-state index is 0.160. The summed E-state index contributed by atoms with van der Waals surface area (Å²) in [6.07, 6.45) is 1.07. The van der Waals surface area contributed by atoms with Crippen molar-refractivity contribution in [2.45, 2.75) is 33.2 Å². The minimum Gasteiger partial charge on any atom is -0.309 e. The first kappa shape index (κ1) is 14.7. The smallest absolute Gasteiger partial charge is 0.237 e. The first-order valence-electron chi connectivity index (χ1n) is 6.63. The number of hydrogen-bond acceptors (Lipinski definition) is 5. The number of aromatic nitrogens is 1. The average Bonchev–Trinajstić information content (AvgIpc) is 2.90. The number of hydrogen-bond donors (Lipinski definition) is 1. The second-order valence-electron chi connectivity index (χ2n) is 5.15. The van der Waals surface area contributed by atoms with Crippen molar-refractivity contribution < 1.29 is 8.42 Å². The molecule has 0 bridgehead atoms. The molecule has 1 saturated heterocycles. The summed E-state index contributed by atoms with van der Waals surface area (Å²) in [6.45, 7) is 7.61. The summed E-state index contributed by atoms with van der Waals surface area (Å²) in [4.78, 5) is 4.48. The van der Waals surface area contributed by atoms with Gasteiger partial charge in [0.1, 0.15) is 0 Å². The Labute approximate surface area is 119 Å². The highest BCUT2D eigenvalue weighted by molar-refractivity contribution is 7.93. The number of nitrogens with zero attached hydrogens (tertiary/aromatic N) is 2. The van der Waals surface area contributed by atoms with Crippen LogP contribution in [0.2, 0.25) is 0 Å². The van der Waals surface area contributed by atoms with E-state index in [1.807, 2.05) is 12.3 Å². The maximum absolute atomic E-state index is 12.0. The standard InChI is InChI=1S/C12H21N3O2S2/c1-4-5-13-10(3)11-7-18-12(14-11)15-6-9(2)8-19(15,16)17/h7,9-10,13H,4-6,8H2,1-3H3. The highest BCUT2D eigenvalue weighted by Crippen LogP contribution is 2.31. The van der Waals surface area contributed by atoms with Gasteiger partial charge in [-0.1, -0.05) is 13.8 Å². The highest BCUT2D eigenvalue weighted by Gasteiger charge is 2.35. The van der Waals surface area contributed by atoms with Crippen LogP contribution in [0.4, 0.5) is 5.13 Å². The zero-order valence-corrected chi connectivity index (χ0v) is 13.2. The number of sulfonamides is 1. The topological polar surface area (TPSA) is 62.3 Å². The Morgan fingerprint density at radius 3 is 2.95 bits per heavy atom. The molecule has 1 aromatic rings. The molecule has 1 aliphatic heterocycles. The largest absolute Gasteiger partial charge is 0.309 e. The van der Waals surface area contributed by atoms with E-state index in [9.17, 15) is 8.42 Å². The molecule has 0 amide bonds. The van der Waals surface area contributed by atoms with Crippen molar-refractivity contribution >= 4 is 26.5 Å². The van der Waals surface area contributed by atoms with Crippen LogP contribution in [0.1, 0.15) is 38.9 Å². The lowest BCUT2D eigenvalue weighted by Gasteiger charge is -2.13. The van der Waals surface area contributed by atoms with E-state index in [4.69, 9.17) is 0 Å². The van der Waals surface area contributed by atoms with Gasteiger partial charge >= 0.3 is 0 Å². The second kappa shape index (κ2) is 5.76. The second-order valence-corrected chi connectivity index (χ2v) is 7.92. The quantitative estimate of drug-likeness (QED) is 0.903. The van der Waals surface area contributed by atoms with E-state index in [1.165, 1.54) is 15.6 Å². The third kappa shape index (κ3) is 3.27. The lowest BCUT2D eigenvalue weighted by Crippen LogP contribution is -2.25. The Morgan fingerprint density at radius 1 is 1.63 bits per heavy atom. The fourth-order valence-corrected chi connectivity index (χ4v) is 5.22. The van der Waals surface area contributed by atoms with Gasteiger partial charge < -0.3 is 5.32 Å². The molecule has 0 saturated carbocycles. The molecule has 2 unspecified atom stereocenters. The van der Waals surface area contributed by atoms with E-state index >= 15 is 0 Å². The minimum atomic E-state index is -3.16. The van der Waals surface area contributed by atoms with Crippen LogP contribution in [0.5, 0.6) is 0 Å². The van der Waals surface area contributed by atoms with Crippen LogP contribution in [-0.4, -0.2) is 32.2 Å². The van der Waals surface area contributed by atoms with Crippen LogP contribution in [-0.2, 0) is 10.0 Å². The lowest BCUT2D eigenvalue weighted by molar-refractivity contribution is 0.560. The fourth-order valence-electron chi connectivity index (χ4n) is 2.15. The first-order valence-corrected chi connectivity index (χ1v) is 9.12. The van der Waals surface area contributed by atoms with Gasteiger partial charge in [-0.3, -0.25) is 0 Å². The van der Waals surface area contributed by atoms with Gasteiger partial charge in [-0.15, -0.1) is 11.3 Å². The molecule has 2 atom stereocenters. The normalized spacial score (nSPS) is 23.7. The van der Waals surface area contributed by atoms with Crippen LogP contribution in [0.3, 0.4) is 0 Å². The van der Waals surface area contributed by atoms with E-state index in [-0.39, 0.29) is 17.7 Å². The van der Waals surface area contributed by atoms with Crippen molar-refractivity contribution in [2.75, 3.05) is 23.1 Å². The zero-order chi connectivity index (χ0) is 14.0. The summed E-state index contributed by atoms with van der Waals surface area (Å²) >= 11 is 1.41. The Kier molecular flexibility index (Phi) is 4.47.